The van der Waals surface area contributed by atoms with Crippen molar-refractivity contribution in [3.63, 3.8) is 0 Å². The molecule has 1 saturated carbocycles. The summed E-state index contributed by atoms with van der Waals surface area (Å²) in [6, 6.07) is 9.00. The maximum absolute atomic E-state index is 6.34. The number of rotatable bonds is 6. The first-order valence-electron chi connectivity index (χ1n) is 8.33. The third kappa shape index (κ3) is 2.51. The fourth-order valence-corrected chi connectivity index (χ4v) is 3.93. The van der Waals surface area contributed by atoms with Gasteiger partial charge in [-0.1, -0.05) is 31.2 Å². The molecule has 0 amide bonds. The maximum Gasteiger partial charge on any atom is 0.0586 e. The van der Waals surface area contributed by atoms with Crippen LogP contribution in [0.2, 0.25) is 0 Å². The molecule has 2 aliphatic rings. The Morgan fingerprint density at radius 3 is 2.80 bits per heavy atom. The molecule has 3 rings (SSSR count). The molecule has 110 valence electrons. The lowest BCUT2D eigenvalue weighted by Gasteiger charge is -2.47. The summed E-state index contributed by atoms with van der Waals surface area (Å²) in [5, 5.41) is 0. The summed E-state index contributed by atoms with van der Waals surface area (Å²) in [4.78, 5) is 2.72. The molecule has 1 atom stereocenters. The van der Waals surface area contributed by atoms with Crippen molar-refractivity contribution >= 4 is 0 Å². The lowest BCUT2D eigenvalue weighted by molar-refractivity contribution is 0.0685. The number of benzene rings is 1. The zero-order chi connectivity index (χ0) is 14.0. The Morgan fingerprint density at radius 2 is 2.10 bits per heavy atom. The summed E-state index contributed by atoms with van der Waals surface area (Å²) in [5.41, 5.74) is 9.49. The van der Waals surface area contributed by atoms with Crippen molar-refractivity contribution in [1.29, 1.82) is 0 Å². The third-order valence-electron chi connectivity index (χ3n) is 5.17. The van der Waals surface area contributed by atoms with Crippen molar-refractivity contribution < 1.29 is 0 Å². The van der Waals surface area contributed by atoms with E-state index < -0.39 is 0 Å². The number of hydrogen-bond acceptors (Lipinski definition) is 2. The van der Waals surface area contributed by atoms with E-state index in [9.17, 15) is 0 Å². The second kappa shape index (κ2) is 5.87. The van der Waals surface area contributed by atoms with Crippen LogP contribution in [0.5, 0.6) is 0 Å². The topological polar surface area (TPSA) is 29.3 Å². The van der Waals surface area contributed by atoms with Gasteiger partial charge in [-0.2, -0.15) is 0 Å². The van der Waals surface area contributed by atoms with Gasteiger partial charge in [0.25, 0.3) is 0 Å². The largest absolute Gasteiger partial charge is 0.328 e. The molecule has 0 saturated heterocycles. The van der Waals surface area contributed by atoms with Crippen molar-refractivity contribution in [1.82, 2.24) is 4.90 Å². The smallest absolute Gasteiger partial charge is 0.0586 e. The quantitative estimate of drug-likeness (QED) is 0.861. The van der Waals surface area contributed by atoms with Crippen molar-refractivity contribution in [2.75, 3.05) is 19.6 Å². The summed E-state index contributed by atoms with van der Waals surface area (Å²) in [6.07, 6.45) is 7.79. The summed E-state index contributed by atoms with van der Waals surface area (Å²) in [5.74, 6) is 0.930. The van der Waals surface area contributed by atoms with Gasteiger partial charge in [-0.15, -0.1) is 0 Å². The van der Waals surface area contributed by atoms with Gasteiger partial charge in [0.2, 0.25) is 0 Å². The minimum absolute atomic E-state index is 0.105. The predicted molar refractivity (Wildman–Crippen MR) is 84.7 cm³/mol. The van der Waals surface area contributed by atoms with Crippen LogP contribution < -0.4 is 5.73 Å². The second-order valence-corrected chi connectivity index (χ2v) is 6.64. The summed E-state index contributed by atoms with van der Waals surface area (Å²) in [7, 11) is 0. The molecule has 2 aliphatic carbocycles. The maximum atomic E-state index is 6.34. The molecular weight excluding hydrogens is 244 g/mol. The van der Waals surface area contributed by atoms with Crippen LogP contribution in [0.3, 0.4) is 0 Å². The van der Waals surface area contributed by atoms with Gasteiger partial charge < -0.3 is 5.73 Å². The van der Waals surface area contributed by atoms with E-state index in [0.717, 1.165) is 12.5 Å². The number of nitrogens with zero attached hydrogens (tertiary/aromatic N) is 1. The van der Waals surface area contributed by atoms with Gasteiger partial charge in [0.15, 0.2) is 0 Å². The first-order valence-corrected chi connectivity index (χ1v) is 8.33. The van der Waals surface area contributed by atoms with Gasteiger partial charge in [-0.05, 0) is 62.1 Å². The van der Waals surface area contributed by atoms with Crippen molar-refractivity contribution in [3.8, 4) is 0 Å². The van der Waals surface area contributed by atoms with Gasteiger partial charge >= 0.3 is 0 Å². The van der Waals surface area contributed by atoms with Crippen LogP contribution in [0.1, 0.15) is 50.2 Å². The number of fused-ring (bicyclic) bond motifs is 1. The average molecular weight is 272 g/mol. The molecule has 0 spiro atoms. The zero-order valence-corrected chi connectivity index (χ0v) is 12.8. The van der Waals surface area contributed by atoms with Crippen LogP contribution in [-0.2, 0) is 12.0 Å². The highest BCUT2D eigenvalue weighted by molar-refractivity contribution is 5.37. The Labute approximate surface area is 123 Å². The van der Waals surface area contributed by atoms with E-state index in [2.05, 4.69) is 36.1 Å². The van der Waals surface area contributed by atoms with Crippen LogP contribution >= 0.6 is 0 Å². The van der Waals surface area contributed by atoms with Gasteiger partial charge in [0.1, 0.15) is 0 Å². The van der Waals surface area contributed by atoms with Gasteiger partial charge in [0.05, 0.1) is 5.54 Å². The molecule has 2 N–H and O–H groups in total. The fraction of sp³-hybridized carbons (Fsp3) is 0.667. The van der Waals surface area contributed by atoms with Gasteiger partial charge in [-0.3, -0.25) is 4.90 Å². The molecule has 1 aromatic carbocycles. The lowest BCUT2D eigenvalue weighted by atomic mass is 9.75. The molecular formula is C18H28N2. The van der Waals surface area contributed by atoms with Crippen LogP contribution in [0.25, 0.3) is 0 Å². The molecule has 0 heterocycles. The van der Waals surface area contributed by atoms with E-state index in [-0.39, 0.29) is 5.54 Å². The molecule has 2 heteroatoms. The second-order valence-electron chi connectivity index (χ2n) is 6.64. The van der Waals surface area contributed by atoms with E-state index in [1.165, 1.54) is 62.7 Å². The molecule has 1 fully saturated rings. The molecule has 0 aliphatic heterocycles. The highest BCUT2D eigenvalue weighted by Gasteiger charge is 2.41. The van der Waals surface area contributed by atoms with Crippen LogP contribution in [0.4, 0.5) is 0 Å². The molecule has 0 bridgehead atoms. The van der Waals surface area contributed by atoms with Crippen molar-refractivity contribution in [3.05, 3.63) is 35.4 Å². The monoisotopic (exact) mass is 272 g/mol. The Morgan fingerprint density at radius 1 is 1.30 bits per heavy atom. The SMILES string of the molecule is CCCN(CC1CC1)C1(CN)CCCc2ccccc21. The standard InChI is InChI=1S/C18H28N2/c1-2-12-20(13-15-9-10-15)18(14-19)11-5-7-16-6-3-4-8-17(16)18/h3-4,6,8,15H,2,5,7,9-14,19H2,1H3. The Balaban J connectivity index is 1.96. The minimum Gasteiger partial charge on any atom is -0.328 e. The van der Waals surface area contributed by atoms with E-state index in [0.29, 0.717) is 0 Å². The lowest BCUT2D eigenvalue weighted by Crippen LogP contribution is -2.54. The van der Waals surface area contributed by atoms with Gasteiger partial charge in [0, 0.05) is 13.1 Å². The highest BCUT2D eigenvalue weighted by Crippen LogP contribution is 2.42. The third-order valence-corrected chi connectivity index (χ3v) is 5.17. The van der Waals surface area contributed by atoms with E-state index in [1.807, 2.05) is 0 Å². The molecule has 1 aromatic rings. The van der Waals surface area contributed by atoms with E-state index in [1.54, 1.807) is 0 Å². The summed E-state index contributed by atoms with van der Waals surface area (Å²) < 4.78 is 0. The molecule has 0 aromatic heterocycles. The minimum atomic E-state index is 0.105. The van der Waals surface area contributed by atoms with Crippen LogP contribution in [0.15, 0.2) is 24.3 Å². The molecule has 2 nitrogen and oxygen atoms in total. The highest BCUT2D eigenvalue weighted by atomic mass is 15.2. The zero-order valence-electron chi connectivity index (χ0n) is 12.8. The Bertz CT molecular complexity index is 452. The predicted octanol–water partition coefficient (Wildman–Crippen LogP) is 3.30. The Kier molecular flexibility index (Phi) is 4.13. The van der Waals surface area contributed by atoms with Crippen molar-refractivity contribution in [2.24, 2.45) is 11.7 Å². The van der Waals surface area contributed by atoms with Crippen LogP contribution in [0, 0.1) is 5.92 Å². The van der Waals surface area contributed by atoms with E-state index >= 15 is 0 Å². The van der Waals surface area contributed by atoms with Crippen molar-refractivity contribution in [2.45, 2.75) is 51.0 Å². The summed E-state index contributed by atoms with van der Waals surface area (Å²) >= 11 is 0. The first kappa shape index (κ1) is 14.1. The van der Waals surface area contributed by atoms with Gasteiger partial charge in [-0.25, -0.2) is 0 Å². The number of hydrogen-bond donors (Lipinski definition) is 1. The fourth-order valence-electron chi connectivity index (χ4n) is 3.93. The number of aryl methyl sites for hydroxylation is 1. The molecule has 0 radical (unpaired) electrons. The average Bonchev–Trinajstić information content (AvgIpc) is 3.30. The first-order chi connectivity index (χ1) is 9.80. The molecule has 20 heavy (non-hydrogen) atoms. The number of nitrogens with two attached hydrogens (primary N) is 1. The van der Waals surface area contributed by atoms with E-state index in [4.69, 9.17) is 5.73 Å². The Hall–Kier alpha value is -0.860. The normalized spacial score (nSPS) is 25.8. The van der Waals surface area contributed by atoms with Crippen LogP contribution in [-0.4, -0.2) is 24.5 Å². The summed E-state index contributed by atoms with van der Waals surface area (Å²) in [6.45, 7) is 5.48. The molecule has 1 unspecified atom stereocenters.